The molecule has 1 amide bonds. The first-order chi connectivity index (χ1) is 18.1. The number of carboxylic acid groups (broad SMARTS) is 1. The quantitative estimate of drug-likeness (QED) is 0.0851. The molecule has 0 aliphatic carbocycles. The van der Waals surface area contributed by atoms with Crippen molar-refractivity contribution >= 4 is 29.2 Å². The topological polar surface area (TPSA) is 215 Å². The minimum Gasteiger partial charge on any atom is -0.478 e. The van der Waals surface area contributed by atoms with Crippen molar-refractivity contribution in [2.45, 2.75) is 26.9 Å². The van der Waals surface area contributed by atoms with Crippen molar-refractivity contribution in [2.24, 2.45) is 5.73 Å². The summed E-state index contributed by atoms with van der Waals surface area (Å²) >= 11 is 0. The van der Waals surface area contributed by atoms with Crippen molar-refractivity contribution in [3.63, 3.8) is 0 Å². The Morgan fingerprint density at radius 2 is 1.79 bits per heavy atom. The van der Waals surface area contributed by atoms with E-state index in [9.17, 15) is 19.5 Å². The van der Waals surface area contributed by atoms with Crippen LogP contribution in [0.5, 0.6) is 11.8 Å². The lowest BCUT2D eigenvalue weighted by Gasteiger charge is -2.20. The molecule has 200 valence electrons. The van der Waals surface area contributed by atoms with Crippen molar-refractivity contribution in [2.75, 3.05) is 24.2 Å². The maximum atomic E-state index is 13.3. The number of nitrogen functional groups attached to an aromatic ring is 2. The van der Waals surface area contributed by atoms with Crippen LogP contribution < -0.4 is 32.5 Å². The van der Waals surface area contributed by atoms with Crippen LogP contribution in [0.1, 0.15) is 35.3 Å². The minimum atomic E-state index is -1.22. The second kappa shape index (κ2) is 12.3. The second-order valence-electron chi connectivity index (χ2n) is 8.09. The number of rotatable bonds is 12. The van der Waals surface area contributed by atoms with Gasteiger partial charge in [-0.05, 0) is 17.7 Å². The number of hydrogen-bond donors (Lipinski definition) is 6. The number of nitrogens with zero attached hydrogens (tertiary/aromatic N) is 4. The first-order valence-electron chi connectivity index (χ1n) is 11.6. The molecule has 0 radical (unpaired) electrons. The average Bonchev–Trinajstić information content (AvgIpc) is 2.89. The molecule has 0 aliphatic rings. The summed E-state index contributed by atoms with van der Waals surface area (Å²) in [5.74, 6) is -1.93. The van der Waals surface area contributed by atoms with Gasteiger partial charge in [-0.2, -0.15) is 0 Å². The summed E-state index contributed by atoms with van der Waals surface area (Å²) in [5, 5.41) is 29.1. The number of anilines is 2. The minimum absolute atomic E-state index is 0.000251. The molecule has 8 N–H and O–H groups in total. The normalized spacial score (nSPS) is 10.7. The fourth-order valence-electron chi connectivity index (χ4n) is 3.33. The summed E-state index contributed by atoms with van der Waals surface area (Å²) in [6, 6.07) is 10.3. The van der Waals surface area contributed by atoms with E-state index in [1.165, 1.54) is 18.2 Å². The van der Waals surface area contributed by atoms with Crippen molar-refractivity contribution in [1.29, 1.82) is 5.41 Å². The number of amides is 1. The molecule has 1 aromatic heterocycles. The largest absolute Gasteiger partial charge is 0.478 e. The Morgan fingerprint density at radius 3 is 2.39 bits per heavy atom. The van der Waals surface area contributed by atoms with E-state index >= 15 is 0 Å². The molecule has 0 saturated carbocycles. The maximum Gasteiger partial charge on any atom is 0.335 e. The summed E-state index contributed by atoms with van der Waals surface area (Å²) in [4.78, 5) is 37.5. The summed E-state index contributed by atoms with van der Waals surface area (Å²) in [6.45, 7) is 4.60. The molecule has 14 nitrogen and oxygen atoms in total. The third-order valence-corrected chi connectivity index (χ3v) is 5.38. The van der Waals surface area contributed by atoms with Gasteiger partial charge in [0.1, 0.15) is 18.1 Å². The van der Waals surface area contributed by atoms with Gasteiger partial charge in [0.05, 0.1) is 5.56 Å². The van der Waals surface area contributed by atoms with Gasteiger partial charge in [0.25, 0.3) is 0 Å². The molecule has 2 aromatic carbocycles. The number of nitrogens with two attached hydrogens (primary N) is 2. The molecule has 38 heavy (non-hydrogen) atoms. The molecule has 0 saturated heterocycles. The molecule has 0 atom stereocenters. The summed E-state index contributed by atoms with van der Waals surface area (Å²) in [5.41, 5.74) is 14.7. The molecule has 3 aromatic rings. The fourth-order valence-corrected chi connectivity index (χ4v) is 3.33. The highest BCUT2D eigenvalue weighted by Crippen LogP contribution is 2.23. The number of amidine groups is 1. The van der Waals surface area contributed by atoms with Gasteiger partial charge < -0.3 is 26.6 Å². The highest BCUT2D eigenvalue weighted by molar-refractivity contribution is 5.94. The van der Waals surface area contributed by atoms with Crippen molar-refractivity contribution < 1.29 is 19.4 Å². The van der Waals surface area contributed by atoms with Crippen molar-refractivity contribution in [3.05, 3.63) is 69.5 Å². The van der Waals surface area contributed by atoms with Gasteiger partial charge in [-0.1, -0.05) is 43.2 Å². The van der Waals surface area contributed by atoms with Crippen LogP contribution in [0.25, 0.3) is 0 Å². The van der Waals surface area contributed by atoms with E-state index in [0.717, 1.165) is 10.1 Å². The number of nitrogens with one attached hydrogen (secondary N) is 3. The number of carboxylic acids is 1. The zero-order chi connectivity index (χ0) is 27.8. The highest BCUT2D eigenvalue weighted by Gasteiger charge is 2.19. The first kappa shape index (κ1) is 27.6. The Balaban J connectivity index is 1.88. The van der Waals surface area contributed by atoms with Gasteiger partial charge in [0.15, 0.2) is 0 Å². The van der Waals surface area contributed by atoms with E-state index in [4.69, 9.17) is 21.6 Å². The zero-order valence-corrected chi connectivity index (χ0v) is 20.9. The van der Waals surface area contributed by atoms with Crippen molar-refractivity contribution in [1.82, 2.24) is 25.1 Å². The maximum absolute atomic E-state index is 13.3. The van der Waals surface area contributed by atoms with E-state index in [0.29, 0.717) is 18.7 Å². The van der Waals surface area contributed by atoms with Crippen LogP contribution in [0.2, 0.25) is 0 Å². The third-order valence-electron chi connectivity index (χ3n) is 5.38. The lowest BCUT2D eigenvalue weighted by molar-refractivity contribution is -0.122. The number of carbonyl (C=O) groups excluding carboxylic acids is 1. The Morgan fingerprint density at radius 1 is 1.11 bits per heavy atom. The Hall–Kier alpha value is -4.98. The molecule has 0 aliphatic heterocycles. The molecule has 3 rings (SSSR count). The smallest absolute Gasteiger partial charge is 0.335 e. The van der Waals surface area contributed by atoms with E-state index in [1.54, 1.807) is 29.3 Å². The summed E-state index contributed by atoms with van der Waals surface area (Å²) in [6.07, 6.45) is 0. The number of hydrazine groups is 1. The number of ether oxygens (including phenoxy) is 1. The van der Waals surface area contributed by atoms with E-state index in [1.807, 2.05) is 13.8 Å². The highest BCUT2D eigenvalue weighted by atomic mass is 16.5. The lowest BCUT2D eigenvalue weighted by Crippen LogP contribution is -2.38. The van der Waals surface area contributed by atoms with Crippen LogP contribution >= 0.6 is 0 Å². The van der Waals surface area contributed by atoms with Crippen LogP contribution in [0.4, 0.5) is 11.5 Å². The van der Waals surface area contributed by atoms with Gasteiger partial charge in [-0.3, -0.25) is 20.4 Å². The summed E-state index contributed by atoms with van der Waals surface area (Å²) in [7, 11) is 0. The standard InChI is InChI=1S/C24H29N9O5/c1-3-32(4-2)31-21-22(35)33(13-19(34)28-12-14-5-7-15(8-6-14)20(26)27)24(30-29-21)38-18-10-16(23(36)37)9-17(25)11-18/h5-11H,3-4,12-13,25H2,1-2H3,(H3,26,27)(H,28,34)(H,29,31)(H,36,37). The molecule has 14 heteroatoms. The Bertz CT molecular complexity index is 1390. The molecular formula is C24H29N9O5. The van der Waals surface area contributed by atoms with Crippen LogP contribution in [0.15, 0.2) is 47.3 Å². The molecule has 0 spiro atoms. The van der Waals surface area contributed by atoms with Gasteiger partial charge >= 0.3 is 17.5 Å². The Labute approximate surface area is 217 Å². The molecule has 0 unspecified atom stereocenters. The number of carbonyl (C=O) groups is 2. The van der Waals surface area contributed by atoms with E-state index in [-0.39, 0.29) is 41.2 Å². The van der Waals surface area contributed by atoms with Gasteiger partial charge in [0.2, 0.25) is 11.7 Å². The van der Waals surface area contributed by atoms with Crippen molar-refractivity contribution in [3.8, 4) is 11.8 Å². The zero-order valence-electron chi connectivity index (χ0n) is 20.9. The molecule has 0 fully saturated rings. The van der Waals surface area contributed by atoms with Gasteiger partial charge in [-0.15, -0.1) is 5.10 Å². The number of aromatic carboxylic acids is 1. The monoisotopic (exact) mass is 523 g/mol. The predicted octanol–water partition coefficient (Wildman–Crippen LogP) is 0.980. The van der Waals surface area contributed by atoms with Crippen LogP contribution in [0.3, 0.4) is 0 Å². The fraction of sp³-hybridized carbons (Fsp3) is 0.250. The van der Waals surface area contributed by atoms with Crippen LogP contribution in [-0.2, 0) is 17.9 Å². The van der Waals surface area contributed by atoms with E-state index < -0.39 is 24.0 Å². The molecule has 0 bridgehead atoms. The lowest BCUT2D eigenvalue weighted by atomic mass is 10.1. The van der Waals surface area contributed by atoms with Gasteiger partial charge in [0, 0.05) is 37.0 Å². The molecule has 1 heterocycles. The number of hydrogen-bond acceptors (Lipinski definition) is 10. The second-order valence-corrected chi connectivity index (χ2v) is 8.09. The third kappa shape index (κ3) is 7.04. The number of benzene rings is 2. The first-order valence-corrected chi connectivity index (χ1v) is 11.6. The van der Waals surface area contributed by atoms with Crippen LogP contribution in [0, 0.1) is 5.41 Å². The van der Waals surface area contributed by atoms with Gasteiger partial charge in [-0.25, -0.2) is 14.4 Å². The predicted molar refractivity (Wildman–Crippen MR) is 140 cm³/mol. The molecular weight excluding hydrogens is 494 g/mol. The van der Waals surface area contributed by atoms with Crippen LogP contribution in [-0.4, -0.2) is 55.7 Å². The van der Waals surface area contributed by atoms with E-state index in [2.05, 4.69) is 20.9 Å². The number of aromatic nitrogens is 3. The SMILES string of the molecule is CCN(CC)Nc1nnc(Oc2cc(N)cc(C(=O)O)c2)n(CC(=O)NCc2ccc(C(=N)N)cc2)c1=O. The average molecular weight is 524 g/mol. The summed E-state index contributed by atoms with van der Waals surface area (Å²) < 4.78 is 6.65. The Kier molecular flexibility index (Phi) is 8.95.